The summed E-state index contributed by atoms with van der Waals surface area (Å²) in [6, 6.07) is 19.6. The number of ether oxygens (including phenoxy) is 2. The number of amides is 2. The Morgan fingerprint density at radius 1 is 0.933 bits per heavy atom. The zero-order valence-corrected chi connectivity index (χ0v) is 26.3. The zero-order valence-electron chi connectivity index (χ0n) is 25.5. The Kier molecular flexibility index (Phi) is 10.6. The van der Waals surface area contributed by atoms with Gasteiger partial charge in [0.05, 0.1) is 11.9 Å². The second-order valence-corrected chi connectivity index (χ2v) is 13.5. The van der Waals surface area contributed by atoms with E-state index in [1.807, 2.05) is 30.3 Å². The van der Waals surface area contributed by atoms with E-state index >= 15 is 0 Å². The van der Waals surface area contributed by atoms with E-state index in [-0.39, 0.29) is 43.8 Å². The lowest BCUT2D eigenvalue weighted by Crippen LogP contribution is -2.52. The Labute approximate surface area is 264 Å². The number of sulfonamides is 1. The van der Waals surface area contributed by atoms with E-state index in [1.165, 1.54) is 16.4 Å². The molecule has 0 bridgehead atoms. The number of rotatable bonds is 13. The van der Waals surface area contributed by atoms with Crippen molar-refractivity contribution in [1.82, 2.24) is 10.2 Å². The molecule has 240 valence electrons. The SMILES string of the molecule is CS(=O)(=O)N(CCCC(=O)N(Cc1ccc(F)cc1)C(Cc1ccccc1)C(=O)NC1CCCC1)c1ccc2c(c1)OCCO2. The second kappa shape index (κ2) is 14.8. The first-order valence-electron chi connectivity index (χ1n) is 15.4. The van der Waals surface area contributed by atoms with Gasteiger partial charge in [0.15, 0.2) is 11.5 Å². The summed E-state index contributed by atoms with van der Waals surface area (Å²) in [4.78, 5) is 29.4. The van der Waals surface area contributed by atoms with Gasteiger partial charge < -0.3 is 19.7 Å². The van der Waals surface area contributed by atoms with Gasteiger partial charge in [0.1, 0.15) is 25.1 Å². The third-order valence-corrected chi connectivity index (χ3v) is 9.40. The maximum absolute atomic E-state index is 14.0. The number of fused-ring (bicyclic) bond motifs is 1. The van der Waals surface area contributed by atoms with Crippen LogP contribution in [0, 0.1) is 5.82 Å². The van der Waals surface area contributed by atoms with Crippen molar-refractivity contribution in [2.45, 2.75) is 63.6 Å². The predicted octanol–water partition coefficient (Wildman–Crippen LogP) is 4.84. The van der Waals surface area contributed by atoms with Gasteiger partial charge >= 0.3 is 0 Å². The lowest BCUT2D eigenvalue weighted by Gasteiger charge is -2.33. The van der Waals surface area contributed by atoms with Crippen LogP contribution in [0.3, 0.4) is 0 Å². The Balaban J connectivity index is 1.37. The summed E-state index contributed by atoms with van der Waals surface area (Å²) in [5.74, 6) is 0.0977. The molecule has 0 radical (unpaired) electrons. The van der Waals surface area contributed by atoms with Gasteiger partial charge in [-0.25, -0.2) is 12.8 Å². The molecular weight excluding hydrogens is 597 g/mol. The zero-order chi connectivity index (χ0) is 31.8. The maximum atomic E-state index is 14.0. The van der Waals surface area contributed by atoms with Crippen molar-refractivity contribution in [3.05, 3.63) is 89.7 Å². The molecule has 1 aliphatic heterocycles. The molecule has 2 aliphatic rings. The summed E-state index contributed by atoms with van der Waals surface area (Å²) in [5.41, 5.74) is 2.00. The van der Waals surface area contributed by atoms with Crippen molar-refractivity contribution in [3.8, 4) is 11.5 Å². The lowest BCUT2D eigenvalue weighted by atomic mass is 10.0. The fourth-order valence-electron chi connectivity index (χ4n) is 5.90. The van der Waals surface area contributed by atoms with Crippen LogP contribution in [0.2, 0.25) is 0 Å². The standard InChI is InChI=1S/C34H40FN3O6S/c1-45(41,42)38(29-17-18-31-32(23-29)44-21-20-43-31)19-7-12-33(39)37(24-26-13-15-27(35)16-14-26)30(22-25-8-3-2-4-9-25)34(40)36-28-10-5-6-11-28/h2-4,8-9,13-18,23,28,30H,5-7,10-12,19-22,24H2,1H3,(H,36,40). The van der Waals surface area contributed by atoms with E-state index in [2.05, 4.69) is 5.32 Å². The molecule has 3 aromatic carbocycles. The highest BCUT2D eigenvalue weighted by atomic mass is 32.2. The molecule has 0 saturated heterocycles. The highest BCUT2D eigenvalue weighted by molar-refractivity contribution is 7.92. The molecule has 1 heterocycles. The Morgan fingerprint density at radius 2 is 1.62 bits per heavy atom. The molecule has 2 amide bonds. The lowest BCUT2D eigenvalue weighted by molar-refractivity contribution is -0.141. The van der Waals surface area contributed by atoms with Gasteiger partial charge in [-0.3, -0.25) is 13.9 Å². The van der Waals surface area contributed by atoms with Crippen LogP contribution in [0.15, 0.2) is 72.8 Å². The van der Waals surface area contributed by atoms with Crippen molar-refractivity contribution < 1.29 is 31.9 Å². The molecule has 11 heteroatoms. The fourth-order valence-corrected chi connectivity index (χ4v) is 6.86. The van der Waals surface area contributed by atoms with E-state index in [1.54, 1.807) is 35.2 Å². The van der Waals surface area contributed by atoms with Gasteiger partial charge in [-0.1, -0.05) is 55.3 Å². The summed E-state index contributed by atoms with van der Waals surface area (Å²) >= 11 is 0. The van der Waals surface area contributed by atoms with E-state index in [4.69, 9.17) is 9.47 Å². The van der Waals surface area contributed by atoms with E-state index in [0.29, 0.717) is 42.4 Å². The van der Waals surface area contributed by atoms with E-state index in [0.717, 1.165) is 37.5 Å². The minimum absolute atomic E-state index is 0.000233. The number of nitrogens with one attached hydrogen (secondary N) is 1. The number of hydrogen-bond donors (Lipinski definition) is 1. The van der Waals surface area contributed by atoms with Crippen LogP contribution >= 0.6 is 0 Å². The van der Waals surface area contributed by atoms with Gasteiger partial charge in [-0.05, 0) is 54.7 Å². The van der Waals surface area contributed by atoms with E-state index in [9.17, 15) is 22.4 Å². The molecule has 1 saturated carbocycles. The average Bonchev–Trinajstić information content (AvgIpc) is 3.54. The number of benzene rings is 3. The van der Waals surface area contributed by atoms with Crippen molar-refractivity contribution in [3.63, 3.8) is 0 Å². The van der Waals surface area contributed by atoms with Crippen LogP contribution in [-0.2, 0) is 32.6 Å². The minimum atomic E-state index is -3.69. The molecule has 9 nitrogen and oxygen atoms in total. The summed E-state index contributed by atoms with van der Waals surface area (Å²) in [5, 5.41) is 3.17. The fraction of sp³-hybridized carbons (Fsp3) is 0.412. The Morgan fingerprint density at radius 3 is 2.31 bits per heavy atom. The molecule has 1 unspecified atom stereocenters. The number of carbonyl (C=O) groups is 2. The van der Waals surface area contributed by atoms with Gasteiger partial charge in [-0.2, -0.15) is 0 Å². The van der Waals surface area contributed by atoms with Gasteiger partial charge in [0.25, 0.3) is 0 Å². The van der Waals surface area contributed by atoms with Gasteiger partial charge in [-0.15, -0.1) is 0 Å². The Bertz CT molecular complexity index is 1560. The van der Waals surface area contributed by atoms with Crippen molar-refractivity contribution in [1.29, 1.82) is 0 Å². The number of anilines is 1. The number of carbonyl (C=O) groups excluding carboxylic acids is 2. The van der Waals surface area contributed by atoms with Crippen LogP contribution < -0.4 is 19.1 Å². The van der Waals surface area contributed by atoms with Crippen molar-refractivity contribution in [2.75, 3.05) is 30.3 Å². The first kappa shape index (κ1) is 32.3. The molecule has 1 N–H and O–H groups in total. The molecule has 1 atom stereocenters. The molecule has 3 aromatic rings. The maximum Gasteiger partial charge on any atom is 0.243 e. The quantitative estimate of drug-likeness (QED) is 0.288. The highest BCUT2D eigenvalue weighted by Gasteiger charge is 2.32. The van der Waals surface area contributed by atoms with Crippen molar-refractivity contribution >= 4 is 27.5 Å². The molecule has 45 heavy (non-hydrogen) atoms. The number of hydrogen-bond acceptors (Lipinski definition) is 6. The summed E-state index contributed by atoms with van der Waals surface area (Å²) in [6.45, 7) is 0.938. The van der Waals surface area contributed by atoms with Crippen LogP contribution in [0.25, 0.3) is 0 Å². The molecule has 1 fully saturated rings. The van der Waals surface area contributed by atoms with Gasteiger partial charge in [0.2, 0.25) is 21.8 Å². The van der Waals surface area contributed by atoms with Crippen LogP contribution in [-0.4, -0.2) is 63.2 Å². The first-order valence-corrected chi connectivity index (χ1v) is 17.3. The normalized spacial score (nSPS) is 15.3. The topological polar surface area (TPSA) is 105 Å². The molecular formula is C34H40FN3O6S. The predicted molar refractivity (Wildman–Crippen MR) is 170 cm³/mol. The highest BCUT2D eigenvalue weighted by Crippen LogP contribution is 2.35. The number of nitrogens with zero attached hydrogens (tertiary/aromatic N) is 2. The smallest absolute Gasteiger partial charge is 0.243 e. The Hall–Kier alpha value is -4.12. The summed E-state index contributed by atoms with van der Waals surface area (Å²) < 4.78 is 51.8. The third-order valence-electron chi connectivity index (χ3n) is 8.20. The van der Waals surface area contributed by atoms with Gasteiger partial charge in [0, 0.05) is 38.0 Å². The molecule has 1 aliphatic carbocycles. The monoisotopic (exact) mass is 637 g/mol. The average molecular weight is 638 g/mol. The van der Waals surface area contributed by atoms with Crippen LogP contribution in [0.5, 0.6) is 11.5 Å². The van der Waals surface area contributed by atoms with E-state index < -0.39 is 21.9 Å². The third kappa shape index (κ3) is 8.75. The second-order valence-electron chi connectivity index (χ2n) is 11.6. The molecule has 0 spiro atoms. The molecule has 5 rings (SSSR count). The summed E-state index contributed by atoms with van der Waals surface area (Å²) in [7, 11) is -3.69. The summed E-state index contributed by atoms with van der Waals surface area (Å²) in [6.07, 6.45) is 5.53. The first-order chi connectivity index (χ1) is 21.7. The number of halogens is 1. The van der Waals surface area contributed by atoms with Crippen LogP contribution in [0.1, 0.15) is 49.7 Å². The minimum Gasteiger partial charge on any atom is -0.486 e. The molecule has 0 aromatic heterocycles. The van der Waals surface area contributed by atoms with Crippen LogP contribution in [0.4, 0.5) is 10.1 Å². The van der Waals surface area contributed by atoms with Crippen molar-refractivity contribution in [2.24, 2.45) is 0 Å². The largest absolute Gasteiger partial charge is 0.486 e.